The van der Waals surface area contributed by atoms with E-state index in [1.807, 2.05) is 0 Å². The number of nitrogens with zero attached hydrogens (tertiary/aromatic N) is 2. The summed E-state index contributed by atoms with van der Waals surface area (Å²) in [4.78, 5) is 16.0. The van der Waals surface area contributed by atoms with E-state index in [0.29, 0.717) is 46.4 Å². The maximum atomic E-state index is 12.8. The molecule has 1 N–H and O–H groups in total. The summed E-state index contributed by atoms with van der Waals surface area (Å²) >= 11 is 6.09. The number of sulfonamides is 1. The predicted molar refractivity (Wildman–Crippen MR) is 109 cm³/mol. The summed E-state index contributed by atoms with van der Waals surface area (Å²) in [5.41, 5.74) is 0.944. The molecule has 0 saturated carbocycles. The van der Waals surface area contributed by atoms with Crippen molar-refractivity contribution in [2.24, 2.45) is 0 Å². The number of benzene rings is 1. The summed E-state index contributed by atoms with van der Waals surface area (Å²) in [6.45, 7) is 0.353. The Hall–Kier alpha value is -1.88. The van der Waals surface area contributed by atoms with Crippen molar-refractivity contribution in [1.82, 2.24) is 13.3 Å². The van der Waals surface area contributed by atoms with Gasteiger partial charge in [0.1, 0.15) is 0 Å². The van der Waals surface area contributed by atoms with Gasteiger partial charge >= 0.3 is 0 Å². The van der Waals surface area contributed by atoms with Crippen LogP contribution in [0.3, 0.4) is 0 Å². The van der Waals surface area contributed by atoms with E-state index in [4.69, 9.17) is 11.6 Å². The molecule has 4 rings (SSSR count). The van der Waals surface area contributed by atoms with Crippen LogP contribution in [0, 0.1) is 0 Å². The highest BCUT2D eigenvalue weighted by atomic mass is 35.5. The van der Waals surface area contributed by atoms with E-state index in [-0.39, 0.29) is 5.52 Å². The predicted octanol–water partition coefficient (Wildman–Crippen LogP) is 2.04. The number of rotatable bonds is 3. The number of H-pyrrole nitrogens is 1. The first-order valence-electron chi connectivity index (χ1n) is 8.53. The van der Waals surface area contributed by atoms with Gasteiger partial charge in [-0.2, -0.15) is 4.31 Å². The van der Waals surface area contributed by atoms with E-state index in [0.717, 1.165) is 16.5 Å². The van der Waals surface area contributed by atoms with Gasteiger partial charge in [0, 0.05) is 34.1 Å². The average Bonchev–Trinajstić information content (AvgIpc) is 3.17. The number of aromatic nitrogens is 2. The van der Waals surface area contributed by atoms with Gasteiger partial charge in [-0.25, -0.2) is 20.8 Å². The van der Waals surface area contributed by atoms with Crippen LogP contribution >= 0.6 is 11.6 Å². The number of aromatic amines is 1. The summed E-state index contributed by atoms with van der Waals surface area (Å²) in [5.74, 6) is 0. The molecule has 11 heteroatoms. The molecule has 8 nitrogen and oxygen atoms in total. The Labute approximate surface area is 166 Å². The number of nitrogens with one attached hydrogen (secondary N) is 1. The quantitative estimate of drug-likeness (QED) is 0.666. The zero-order valence-corrected chi connectivity index (χ0v) is 17.5. The first-order chi connectivity index (χ1) is 13.0. The first-order valence-corrected chi connectivity index (χ1v) is 12.6. The number of fused-ring (bicyclic) bond motifs is 3. The smallest absolute Gasteiger partial charge is 0.265 e. The minimum absolute atomic E-state index is 0.183. The SMILES string of the molecule is CS(=O)(=O)N1CCCC1c1cc(=O)n(S(C)(=O)=O)c2c1[nH]c1ccc(Cl)cc12. The fourth-order valence-electron chi connectivity index (χ4n) is 3.98. The number of hydrogen-bond acceptors (Lipinski definition) is 5. The summed E-state index contributed by atoms with van der Waals surface area (Å²) in [7, 11) is -7.39. The largest absolute Gasteiger partial charge is 0.353 e. The third-order valence-electron chi connectivity index (χ3n) is 5.02. The Kier molecular flexibility index (Phi) is 4.38. The van der Waals surface area contributed by atoms with E-state index in [9.17, 15) is 21.6 Å². The molecule has 0 spiro atoms. The van der Waals surface area contributed by atoms with Crippen LogP contribution in [0.1, 0.15) is 24.4 Å². The van der Waals surface area contributed by atoms with Gasteiger partial charge in [-0.3, -0.25) is 4.79 Å². The van der Waals surface area contributed by atoms with Gasteiger partial charge in [-0.15, -0.1) is 0 Å². The molecule has 1 atom stereocenters. The van der Waals surface area contributed by atoms with Crippen molar-refractivity contribution in [3.63, 3.8) is 0 Å². The Morgan fingerprint density at radius 2 is 1.82 bits per heavy atom. The lowest BCUT2D eigenvalue weighted by Crippen LogP contribution is -2.32. The summed E-state index contributed by atoms with van der Waals surface area (Å²) in [6.07, 6.45) is 3.28. The van der Waals surface area contributed by atoms with Gasteiger partial charge in [0.05, 0.1) is 29.6 Å². The average molecular weight is 444 g/mol. The lowest BCUT2D eigenvalue weighted by molar-refractivity contribution is 0.401. The summed E-state index contributed by atoms with van der Waals surface area (Å²) < 4.78 is 51.2. The van der Waals surface area contributed by atoms with Crippen LogP contribution < -0.4 is 5.56 Å². The lowest BCUT2D eigenvalue weighted by atomic mass is 10.0. The van der Waals surface area contributed by atoms with Crippen molar-refractivity contribution in [2.75, 3.05) is 19.1 Å². The Morgan fingerprint density at radius 1 is 1.11 bits per heavy atom. The Balaban J connectivity index is 2.16. The van der Waals surface area contributed by atoms with E-state index in [1.165, 1.54) is 10.4 Å². The van der Waals surface area contributed by atoms with Crippen molar-refractivity contribution in [3.05, 3.63) is 45.2 Å². The molecule has 1 aromatic carbocycles. The highest BCUT2D eigenvalue weighted by Gasteiger charge is 2.35. The lowest BCUT2D eigenvalue weighted by Gasteiger charge is -2.23. The molecule has 1 fully saturated rings. The molecular formula is C17H18ClN3O5S2. The maximum absolute atomic E-state index is 12.8. The molecule has 3 aromatic rings. The highest BCUT2D eigenvalue weighted by Crippen LogP contribution is 2.38. The molecule has 0 bridgehead atoms. The molecule has 1 aliphatic heterocycles. The molecular weight excluding hydrogens is 426 g/mol. The van der Waals surface area contributed by atoms with Crippen molar-refractivity contribution in [1.29, 1.82) is 0 Å². The van der Waals surface area contributed by atoms with E-state index >= 15 is 0 Å². The van der Waals surface area contributed by atoms with Gasteiger partial charge in [0.2, 0.25) is 20.0 Å². The molecule has 2 aromatic heterocycles. The van der Waals surface area contributed by atoms with Crippen molar-refractivity contribution < 1.29 is 16.8 Å². The van der Waals surface area contributed by atoms with Crippen LogP contribution in [-0.2, 0) is 20.0 Å². The van der Waals surface area contributed by atoms with Gasteiger partial charge < -0.3 is 4.98 Å². The molecule has 1 saturated heterocycles. The Morgan fingerprint density at radius 3 is 2.46 bits per heavy atom. The van der Waals surface area contributed by atoms with Gasteiger partial charge in [-0.05, 0) is 31.0 Å². The second-order valence-corrected chi connectivity index (χ2v) is 11.2. The van der Waals surface area contributed by atoms with Crippen molar-refractivity contribution >= 4 is 53.6 Å². The normalized spacial score (nSPS) is 19.0. The molecule has 1 aliphatic rings. The van der Waals surface area contributed by atoms with Gasteiger partial charge in [0.15, 0.2) is 0 Å². The number of halogens is 1. The van der Waals surface area contributed by atoms with Crippen LogP contribution in [0.25, 0.3) is 21.9 Å². The summed E-state index contributed by atoms with van der Waals surface area (Å²) in [5, 5.41) is 0.876. The van der Waals surface area contributed by atoms with Crippen molar-refractivity contribution in [2.45, 2.75) is 18.9 Å². The maximum Gasteiger partial charge on any atom is 0.265 e. The molecule has 1 unspecified atom stereocenters. The van der Waals surface area contributed by atoms with Gasteiger partial charge in [0.25, 0.3) is 5.56 Å². The van der Waals surface area contributed by atoms with Crippen LogP contribution in [0.2, 0.25) is 5.02 Å². The van der Waals surface area contributed by atoms with E-state index < -0.39 is 31.6 Å². The minimum atomic E-state index is -3.91. The number of hydrogen-bond donors (Lipinski definition) is 1. The zero-order chi connectivity index (χ0) is 20.4. The molecule has 150 valence electrons. The molecule has 0 aliphatic carbocycles. The molecule has 3 heterocycles. The molecule has 0 amide bonds. The standard InChI is InChI=1S/C17H18ClN3O5S2/c1-27(23,24)20-7-3-4-14(20)12-9-15(22)21(28(2,25)26)17-11-8-10(18)5-6-13(11)19-16(12)17/h5-6,8-9,14,19H,3-4,7H2,1-2H3. The van der Waals surface area contributed by atoms with Gasteiger partial charge in [-0.1, -0.05) is 11.6 Å². The van der Waals surface area contributed by atoms with Crippen LogP contribution in [-0.4, -0.2) is 49.2 Å². The fourth-order valence-corrected chi connectivity index (χ4v) is 6.20. The second-order valence-electron chi connectivity index (χ2n) is 7.04. The van der Waals surface area contributed by atoms with Crippen LogP contribution in [0.4, 0.5) is 0 Å². The minimum Gasteiger partial charge on any atom is -0.353 e. The first kappa shape index (κ1) is 19.4. The zero-order valence-electron chi connectivity index (χ0n) is 15.1. The number of pyridine rings is 1. The summed E-state index contributed by atoms with van der Waals surface area (Å²) in [6, 6.07) is 5.61. The van der Waals surface area contributed by atoms with E-state index in [1.54, 1.807) is 18.2 Å². The monoisotopic (exact) mass is 443 g/mol. The topological polar surface area (TPSA) is 109 Å². The third-order valence-corrected chi connectivity index (χ3v) is 7.57. The van der Waals surface area contributed by atoms with E-state index in [2.05, 4.69) is 4.98 Å². The fraction of sp³-hybridized carbons (Fsp3) is 0.353. The van der Waals surface area contributed by atoms with Crippen LogP contribution in [0.5, 0.6) is 0 Å². The van der Waals surface area contributed by atoms with Crippen molar-refractivity contribution in [3.8, 4) is 0 Å². The second kappa shape index (κ2) is 6.31. The Bertz CT molecular complexity index is 1390. The molecule has 0 radical (unpaired) electrons. The molecule has 28 heavy (non-hydrogen) atoms. The van der Waals surface area contributed by atoms with Crippen LogP contribution in [0.15, 0.2) is 29.1 Å². The third kappa shape index (κ3) is 3.04. The highest BCUT2D eigenvalue weighted by molar-refractivity contribution is 7.89.